The fourth-order valence-corrected chi connectivity index (χ4v) is 3.28. The molecule has 7 nitrogen and oxygen atoms in total. The minimum absolute atomic E-state index is 0.152. The molecule has 0 saturated carbocycles. The van der Waals surface area contributed by atoms with Crippen molar-refractivity contribution >= 4 is 11.9 Å². The van der Waals surface area contributed by atoms with Crippen LogP contribution in [0.25, 0.3) is 5.69 Å². The molecule has 1 N–H and O–H groups in total. The van der Waals surface area contributed by atoms with Gasteiger partial charge in [-0.2, -0.15) is 5.10 Å². The number of rotatable bonds is 3. The maximum atomic E-state index is 13.0. The summed E-state index contributed by atoms with van der Waals surface area (Å²) in [7, 11) is 0. The monoisotopic (exact) mass is 348 g/mol. The Morgan fingerprint density at radius 2 is 1.96 bits per heavy atom. The number of amides is 1. The highest BCUT2D eigenvalue weighted by molar-refractivity contribution is 5.95. The predicted octanol–water partition coefficient (Wildman–Crippen LogP) is 2.09. The number of aliphatic carboxylic acids is 1. The van der Waals surface area contributed by atoms with Crippen LogP contribution in [0.15, 0.2) is 61.2 Å². The van der Waals surface area contributed by atoms with Gasteiger partial charge in [-0.25, -0.2) is 9.67 Å². The average molecular weight is 348 g/mol. The van der Waals surface area contributed by atoms with Crippen molar-refractivity contribution in [2.75, 3.05) is 6.54 Å². The van der Waals surface area contributed by atoms with E-state index in [-0.39, 0.29) is 12.5 Å². The van der Waals surface area contributed by atoms with Gasteiger partial charge >= 0.3 is 5.97 Å². The van der Waals surface area contributed by atoms with Gasteiger partial charge in [-0.15, -0.1) is 0 Å². The lowest BCUT2D eigenvalue weighted by Crippen LogP contribution is -2.40. The Labute approximate surface area is 149 Å². The lowest BCUT2D eigenvalue weighted by Gasteiger charge is -2.33. The molecule has 0 spiro atoms. The molecule has 1 aliphatic rings. The molecule has 1 aliphatic heterocycles. The first-order valence-corrected chi connectivity index (χ1v) is 8.18. The number of nitrogens with zero attached hydrogens (tertiary/aromatic N) is 4. The van der Waals surface area contributed by atoms with E-state index in [0.29, 0.717) is 12.1 Å². The second-order valence-electron chi connectivity index (χ2n) is 6.17. The molecule has 2 heterocycles. The van der Waals surface area contributed by atoms with Gasteiger partial charge < -0.3 is 10.0 Å². The van der Waals surface area contributed by atoms with Crippen molar-refractivity contribution in [1.29, 1.82) is 0 Å². The molecule has 1 unspecified atom stereocenters. The molecule has 0 bridgehead atoms. The Morgan fingerprint density at radius 1 is 1.12 bits per heavy atom. The van der Waals surface area contributed by atoms with Crippen LogP contribution in [-0.2, 0) is 11.3 Å². The second-order valence-corrected chi connectivity index (χ2v) is 6.17. The Balaban J connectivity index is 1.65. The molecule has 0 saturated heterocycles. The van der Waals surface area contributed by atoms with Crippen molar-refractivity contribution in [3.8, 4) is 5.69 Å². The zero-order valence-electron chi connectivity index (χ0n) is 13.8. The van der Waals surface area contributed by atoms with Crippen molar-refractivity contribution in [3.63, 3.8) is 0 Å². The number of aromatic nitrogens is 3. The van der Waals surface area contributed by atoms with Gasteiger partial charge in [-0.05, 0) is 29.3 Å². The number of carboxylic acids is 1. The second kappa shape index (κ2) is 6.44. The first-order chi connectivity index (χ1) is 12.6. The highest BCUT2D eigenvalue weighted by Crippen LogP contribution is 2.29. The van der Waals surface area contributed by atoms with E-state index in [9.17, 15) is 14.7 Å². The first-order valence-electron chi connectivity index (χ1n) is 8.18. The van der Waals surface area contributed by atoms with E-state index in [2.05, 4.69) is 10.1 Å². The Kier molecular flexibility index (Phi) is 3.96. The van der Waals surface area contributed by atoms with Crippen LogP contribution in [0.4, 0.5) is 0 Å². The number of benzene rings is 2. The summed E-state index contributed by atoms with van der Waals surface area (Å²) in [6.07, 6.45) is 2.98. The van der Waals surface area contributed by atoms with Gasteiger partial charge in [-0.1, -0.05) is 30.3 Å². The highest BCUT2D eigenvalue weighted by atomic mass is 16.4. The molecule has 0 radical (unpaired) electrons. The molecule has 7 heteroatoms. The summed E-state index contributed by atoms with van der Waals surface area (Å²) in [6, 6.07) is 14.4. The van der Waals surface area contributed by atoms with Crippen molar-refractivity contribution in [3.05, 3.63) is 77.9 Å². The molecule has 3 aromatic rings. The van der Waals surface area contributed by atoms with E-state index in [4.69, 9.17) is 0 Å². The summed E-state index contributed by atoms with van der Waals surface area (Å²) in [5, 5.41) is 13.6. The molecular weight excluding hydrogens is 332 g/mol. The van der Waals surface area contributed by atoms with Gasteiger partial charge in [0, 0.05) is 18.7 Å². The van der Waals surface area contributed by atoms with Crippen LogP contribution in [-0.4, -0.2) is 43.2 Å². The fourth-order valence-electron chi connectivity index (χ4n) is 3.28. The van der Waals surface area contributed by atoms with Gasteiger partial charge in [0.1, 0.15) is 12.7 Å². The van der Waals surface area contributed by atoms with E-state index in [1.165, 1.54) is 6.33 Å². The van der Waals surface area contributed by atoms with Crippen LogP contribution in [0, 0.1) is 0 Å². The van der Waals surface area contributed by atoms with Gasteiger partial charge in [-0.3, -0.25) is 9.59 Å². The largest absolute Gasteiger partial charge is 0.481 e. The van der Waals surface area contributed by atoms with Gasteiger partial charge in [0.15, 0.2) is 0 Å². The van der Waals surface area contributed by atoms with E-state index in [1.807, 2.05) is 30.3 Å². The SMILES string of the molecule is O=C(O)C1CN(C(=O)c2cccc(-n3cncn3)c2)Cc2ccccc21. The van der Waals surface area contributed by atoms with Crippen molar-refractivity contribution in [2.24, 2.45) is 0 Å². The third kappa shape index (κ3) is 2.83. The Bertz CT molecular complexity index is 968. The standard InChI is InChI=1S/C19H16N4O3/c24-18(13-5-3-6-15(8-13)23-12-20-11-21-23)22-9-14-4-1-2-7-16(14)17(10-22)19(25)26/h1-8,11-12,17H,9-10H2,(H,25,26). The van der Waals surface area contributed by atoms with E-state index >= 15 is 0 Å². The number of carbonyl (C=O) groups excluding carboxylic acids is 1. The lowest BCUT2D eigenvalue weighted by molar-refractivity contribution is -0.139. The Hall–Kier alpha value is -3.48. The maximum absolute atomic E-state index is 13.0. The molecule has 130 valence electrons. The van der Waals surface area contributed by atoms with E-state index in [1.54, 1.807) is 34.1 Å². The van der Waals surface area contributed by atoms with Crippen LogP contribution in [0.1, 0.15) is 27.4 Å². The van der Waals surface area contributed by atoms with Crippen molar-refractivity contribution in [2.45, 2.75) is 12.5 Å². The summed E-state index contributed by atoms with van der Waals surface area (Å²) < 4.78 is 1.57. The van der Waals surface area contributed by atoms with E-state index in [0.717, 1.165) is 16.8 Å². The van der Waals surface area contributed by atoms with Gasteiger partial charge in [0.05, 0.1) is 11.6 Å². The third-order valence-electron chi connectivity index (χ3n) is 4.56. The van der Waals surface area contributed by atoms with Crippen LogP contribution >= 0.6 is 0 Å². The third-order valence-corrected chi connectivity index (χ3v) is 4.56. The number of carboxylic acid groups (broad SMARTS) is 1. The molecule has 0 fully saturated rings. The normalized spacial score (nSPS) is 16.2. The molecule has 2 aromatic carbocycles. The maximum Gasteiger partial charge on any atom is 0.312 e. The van der Waals surface area contributed by atoms with Crippen molar-refractivity contribution in [1.82, 2.24) is 19.7 Å². The number of hydrogen-bond acceptors (Lipinski definition) is 4. The number of fused-ring (bicyclic) bond motifs is 1. The summed E-state index contributed by atoms with van der Waals surface area (Å²) in [5.74, 6) is -1.85. The van der Waals surface area contributed by atoms with Crippen LogP contribution in [0.3, 0.4) is 0 Å². The summed E-state index contributed by atoms with van der Waals surface area (Å²) in [4.78, 5) is 30.2. The molecule has 26 heavy (non-hydrogen) atoms. The van der Waals surface area contributed by atoms with Crippen LogP contribution in [0.2, 0.25) is 0 Å². The Morgan fingerprint density at radius 3 is 2.73 bits per heavy atom. The topological polar surface area (TPSA) is 88.3 Å². The van der Waals surface area contributed by atoms with Gasteiger partial charge in [0.2, 0.25) is 0 Å². The lowest BCUT2D eigenvalue weighted by atomic mass is 9.89. The quantitative estimate of drug-likeness (QED) is 0.783. The number of carbonyl (C=O) groups is 2. The fraction of sp³-hybridized carbons (Fsp3) is 0.158. The van der Waals surface area contributed by atoms with E-state index < -0.39 is 11.9 Å². The molecular formula is C19H16N4O3. The van der Waals surface area contributed by atoms with Crippen LogP contribution in [0.5, 0.6) is 0 Å². The molecule has 0 aliphatic carbocycles. The molecule has 1 amide bonds. The first kappa shape index (κ1) is 16.0. The minimum Gasteiger partial charge on any atom is -0.481 e. The highest BCUT2D eigenvalue weighted by Gasteiger charge is 2.32. The van der Waals surface area contributed by atoms with Gasteiger partial charge in [0.25, 0.3) is 5.91 Å². The number of hydrogen-bond donors (Lipinski definition) is 1. The predicted molar refractivity (Wildman–Crippen MR) is 92.9 cm³/mol. The zero-order chi connectivity index (χ0) is 18.1. The average Bonchev–Trinajstić information content (AvgIpc) is 3.21. The summed E-state index contributed by atoms with van der Waals surface area (Å²) >= 11 is 0. The molecule has 4 rings (SSSR count). The van der Waals surface area contributed by atoms with Crippen molar-refractivity contribution < 1.29 is 14.7 Å². The summed E-state index contributed by atoms with van der Waals surface area (Å²) in [6.45, 7) is 0.547. The zero-order valence-corrected chi connectivity index (χ0v) is 13.8. The molecule has 1 aromatic heterocycles. The summed E-state index contributed by atoms with van der Waals surface area (Å²) in [5.41, 5.74) is 2.86. The molecule has 1 atom stereocenters. The smallest absolute Gasteiger partial charge is 0.312 e. The minimum atomic E-state index is -0.925. The van der Waals surface area contributed by atoms with Crippen LogP contribution < -0.4 is 0 Å².